The summed E-state index contributed by atoms with van der Waals surface area (Å²) >= 11 is 4.80. The summed E-state index contributed by atoms with van der Waals surface area (Å²) < 4.78 is -0.227. The van der Waals surface area contributed by atoms with Crippen LogP contribution in [-0.4, -0.2) is 0 Å². The van der Waals surface area contributed by atoms with E-state index in [1.807, 2.05) is 6.07 Å². The second kappa shape index (κ2) is 4.34. The van der Waals surface area contributed by atoms with Crippen molar-refractivity contribution in [2.75, 3.05) is 0 Å². The monoisotopic (exact) mass is 228 g/mol. The van der Waals surface area contributed by atoms with E-state index in [0.717, 1.165) is 0 Å². The summed E-state index contributed by atoms with van der Waals surface area (Å²) in [5, 5.41) is 0. The molecule has 2 rings (SSSR count). The Morgan fingerprint density at radius 1 is 0.812 bits per heavy atom. The predicted molar refractivity (Wildman–Crippen MR) is 73.1 cm³/mol. The number of rotatable bonds is 2. The van der Waals surface area contributed by atoms with E-state index in [9.17, 15) is 0 Å². The first-order valence-corrected chi connectivity index (χ1v) is 5.90. The van der Waals surface area contributed by atoms with Crippen molar-refractivity contribution in [3.63, 3.8) is 0 Å². The Bertz CT molecular complexity index is 455. The van der Waals surface area contributed by atoms with E-state index in [1.165, 1.54) is 16.7 Å². The van der Waals surface area contributed by atoms with Crippen LogP contribution in [0.2, 0.25) is 0 Å². The predicted octanol–water partition coefficient (Wildman–Crippen LogP) is 4.19. The fourth-order valence-electron chi connectivity index (χ4n) is 1.81. The van der Waals surface area contributed by atoms with Gasteiger partial charge in [0.2, 0.25) is 0 Å². The maximum atomic E-state index is 4.80. The number of hydrogen-bond donors (Lipinski definition) is 1. The molecule has 0 spiro atoms. The molecule has 0 fully saturated rings. The molecule has 0 aliphatic rings. The van der Waals surface area contributed by atoms with Gasteiger partial charge in [-0.2, -0.15) is 12.6 Å². The molecule has 0 saturated carbocycles. The van der Waals surface area contributed by atoms with Crippen LogP contribution in [0, 0.1) is 6.92 Å². The summed E-state index contributed by atoms with van der Waals surface area (Å²) in [5.41, 5.74) is 3.73. The van der Waals surface area contributed by atoms with Gasteiger partial charge >= 0.3 is 0 Å². The second-order valence-corrected chi connectivity index (χ2v) is 5.20. The van der Waals surface area contributed by atoms with Crippen molar-refractivity contribution in [1.82, 2.24) is 0 Å². The van der Waals surface area contributed by atoms with E-state index in [0.29, 0.717) is 0 Å². The van der Waals surface area contributed by atoms with Crippen LogP contribution in [-0.2, 0) is 4.75 Å². The third-order valence-electron chi connectivity index (χ3n) is 2.95. The largest absolute Gasteiger partial charge is 0.163 e. The Morgan fingerprint density at radius 3 is 1.88 bits per heavy atom. The zero-order valence-electron chi connectivity index (χ0n) is 9.64. The van der Waals surface area contributed by atoms with Crippen LogP contribution >= 0.6 is 12.6 Å². The van der Waals surface area contributed by atoms with Crippen LogP contribution < -0.4 is 0 Å². The van der Waals surface area contributed by atoms with Gasteiger partial charge in [0, 0.05) is 0 Å². The van der Waals surface area contributed by atoms with Crippen LogP contribution in [0.25, 0.3) is 0 Å². The van der Waals surface area contributed by atoms with Gasteiger partial charge in [0.25, 0.3) is 0 Å². The van der Waals surface area contributed by atoms with Crippen LogP contribution in [0.5, 0.6) is 0 Å². The van der Waals surface area contributed by atoms with Gasteiger partial charge in [-0.3, -0.25) is 0 Å². The van der Waals surface area contributed by atoms with Crippen molar-refractivity contribution < 1.29 is 0 Å². The van der Waals surface area contributed by atoms with Crippen molar-refractivity contribution in [2.24, 2.45) is 0 Å². The van der Waals surface area contributed by atoms with Crippen molar-refractivity contribution in [2.45, 2.75) is 18.6 Å². The van der Waals surface area contributed by atoms with Gasteiger partial charge in [-0.1, -0.05) is 60.2 Å². The fourth-order valence-corrected chi connectivity index (χ4v) is 2.11. The third-order valence-corrected chi connectivity index (χ3v) is 3.47. The molecule has 2 aromatic carbocycles. The van der Waals surface area contributed by atoms with E-state index in [-0.39, 0.29) is 4.75 Å². The van der Waals surface area contributed by atoms with Crippen LogP contribution in [0.1, 0.15) is 23.6 Å². The molecule has 1 atom stereocenters. The van der Waals surface area contributed by atoms with Crippen LogP contribution in [0.4, 0.5) is 0 Å². The van der Waals surface area contributed by atoms with Crippen LogP contribution in [0.15, 0.2) is 54.6 Å². The lowest BCUT2D eigenvalue weighted by Crippen LogP contribution is -2.15. The van der Waals surface area contributed by atoms with Crippen molar-refractivity contribution in [3.8, 4) is 0 Å². The number of aryl methyl sites for hydroxylation is 1. The Balaban J connectivity index is 2.43. The molecule has 16 heavy (non-hydrogen) atoms. The van der Waals surface area contributed by atoms with Gasteiger partial charge in [0.15, 0.2) is 0 Å². The maximum Gasteiger partial charge on any atom is 0.0598 e. The standard InChI is InChI=1S/C15H16S/c1-12-8-10-14(11-9-12)15(2,16)13-6-4-3-5-7-13/h3-11,16H,1-2H3. The lowest BCUT2D eigenvalue weighted by atomic mass is 9.91. The number of thiol groups is 1. The highest BCUT2D eigenvalue weighted by Gasteiger charge is 2.23. The molecule has 0 N–H and O–H groups in total. The number of benzene rings is 2. The highest BCUT2D eigenvalue weighted by Crippen LogP contribution is 2.35. The molecule has 0 aliphatic heterocycles. The lowest BCUT2D eigenvalue weighted by Gasteiger charge is -2.25. The summed E-state index contributed by atoms with van der Waals surface area (Å²) in [4.78, 5) is 0. The molecule has 0 radical (unpaired) electrons. The minimum absolute atomic E-state index is 0.227. The summed E-state index contributed by atoms with van der Waals surface area (Å²) in [7, 11) is 0. The first kappa shape index (κ1) is 11.3. The zero-order chi connectivity index (χ0) is 11.6. The lowest BCUT2D eigenvalue weighted by molar-refractivity contribution is 0.847. The van der Waals surface area contributed by atoms with Crippen molar-refractivity contribution in [1.29, 1.82) is 0 Å². The minimum atomic E-state index is -0.227. The van der Waals surface area contributed by atoms with E-state index >= 15 is 0 Å². The second-order valence-electron chi connectivity index (χ2n) is 4.30. The first-order chi connectivity index (χ1) is 7.60. The smallest absolute Gasteiger partial charge is 0.0598 e. The highest BCUT2D eigenvalue weighted by molar-refractivity contribution is 7.81. The summed E-state index contributed by atoms with van der Waals surface area (Å²) in [5.74, 6) is 0. The Labute approximate surface area is 103 Å². The molecule has 0 aromatic heterocycles. The van der Waals surface area contributed by atoms with Gasteiger partial charge in [0.1, 0.15) is 0 Å². The van der Waals surface area contributed by atoms with Gasteiger partial charge in [0.05, 0.1) is 4.75 Å². The molecule has 0 nitrogen and oxygen atoms in total. The Hall–Kier alpha value is -1.21. The average Bonchev–Trinajstić information content (AvgIpc) is 2.31. The van der Waals surface area contributed by atoms with E-state index in [4.69, 9.17) is 12.6 Å². The minimum Gasteiger partial charge on any atom is -0.163 e. The van der Waals surface area contributed by atoms with Gasteiger partial charge in [-0.05, 0) is 25.0 Å². The molecule has 0 aliphatic carbocycles. The summed E-state index contributed by atoms with van der Waals surface area (Å²) in [6.07, 6.45) is 0. The highest BCUT2D eigenvalue weighted by atomic mass is 32.1. The van der Waals surface area contributed by atoms with Crippen molar-refractivity contribution in [3.05, 3.63) is 71.3 Å². The SMILES string of the molecule is Cc1ccc(C(C)(S)c2ccccc2)cc1. The Kier molecular flexibility index (Phi) is 3.06. The fraction of sp³-hybridized carbons (Fsp3) is 0.200. The molecule has 2 aromatic rings. The molecule has 0 amide bonds. The van der Waals surface area contributed by atoms with Gasteiger partial charge in [-0.25, -0.2) is 0 Å². The summed E-state index contributed by atoms with van der Waals surface area (Å²) in [6.45, 7) is 4.23. The molecule has 1 heteroatoms. The molecule has 82 valence electrons. The van der Waals surface area contributed by atoms with Crippen LogP contribution in [0.3, 0.4) is 0 Å². The molecular weight excluding hydrogens is 212 g/mol. The summed E-state index contributed by atoms with van der Waals surface area (Å²) in [6, 6.07) is 18.9. The molecule has 0 bridgehead atoms. The topological polar surface area (TPSA) is 0 Å². The molecule has 0 saturated heterocycles. The molecule has 1 unspecified atom stereocenters. The van der Waals surface area contributed by atoms with E-state index < -0.39 is 0 Å². The molecule has 0 heterocycles. The molecular formula is C15H16S. The normalized spacial score (nSPS) is 14.4. The third kappa shape index (κ3) is 2.14. The Morgan fingerprint density at radius 2 is 1.31 bits per heavy atom. The van der Waals surface area contributed by atoms with E-state index in [1.54, 1.807) is 0 Å². The van der Waals surface area contributed by atoms with Crippen molar-refractivity contribution >= 4 is 12.6 Å². The first-order valence-electron chi connectivity index (χ1n) is 5.46. The van der Waals surface area contributed by atoms with Gasteiger partial charge < -0.3 is 0 Å². The number of hydrogen-bond acceptors (Lipinski definition) is 1. The van der Waals surface area contributed by atoms with Gasteiger partial charge in [-0.15, -0.1) is 0 Å². The van der Waals surface area contributed by atoms with E-state index in [2.05, 4.69) is 62.4 Å². The quantitative estimate of drug-likeness (QED) is 0.732. The zero-order valence-corrected chi connectivity index (χ0v) is 10.5. The maximum absolute atomic E-state index is 4.80. The average molecular weight is 228 g/mol.